The average molecular weight is 162 g/mol. The topological polar surface area (TPSA) is 9.23 Å². The van der Waals surface area contributed by atoms with E-state index in [9.17, 15) is 0 Å². The second-order valence-corrected chi connectivity index (χ2v) is 3.64. The minimum Gasteiger partial charge on any atom is -0.385 e. The molecular weight excluding hydrogens is 144 g/mol. The molecule has 1 nitrogen and oxygen atoms in total. The van der Waals surface area contributed by atoms with Crippen molar-refractivity contribution >= 4 is 11.8 Å². The van der Waals surface area contributed by atoms with Gasteiger partial charge in [0.25, 0.3) is 0 Å². The molecule has 2 heteroatoms. The molecule has 0 saturated heterocycles. The molecule has 0 aliphatic carbocycles. The fourth-order valence-electron chi connectivity index (χ4n) is 0.772. The van der Waals surface area contributed by atoms with Gasteiger partial charge in [-0.05, 0) is 24.3 Å². The number of hydrogen-bond acceptors (Lipinski definition) is 2. The Morgan fingerprint density at radius 3 is 2.60 bits per heavy atom. The maximum atomic E-state index is 4.94. The van der Waals surface area contributed by atoms with Crippen molar-refractivity contribution in [1.82, 2.24) is 0 Å². The summed E-state index contributed by atoms with van der Waals surface area (Å²) in [5, 5.41) is 0. The highest BCUT2D eigenvalue weighted by molar-refractivity contribution is 7.99. The van der Waals surface area contributed by atoms with Gasteiger partial charge in [-0.2, -0.15) is 11.8 Å². The largest absolute Gasteiger partial charge is 0.385 e. The molecule has 62 valence electrons. The molecule has 0 aliphatic heterocycles. The smallest absolute Gasteiger partial charge is 0.0462 e. The summed E-state index contributed by atoms with van der Waals surface area (Å²) in [6.07, 6.45) is 3.89. The van der Waals surface area contributed by atoms with Crippen molar-refractivity contribution in [1.29, 1.82) is 0 Å². The van der Waals surface area contributed by atoms with Gasteiger partial charge in [0, 0.05) is 13.7 Å². The lowest BCUT2D eigenvalue weighted by Crippen LogP contribution is -1.89. The van der Waals surface area contributed by atoms with E-state index in [0.29, 0.717) is 0 Å². The summed E-state index contributed by atoms with van der Waals surface area (Å²) in [5.41, 5.74) is 0. The molecule has 0 spiro atoms. The Kier molecular flexibility index (Phi) is 9.60. The number of unbranched alkanes of at least 4 members (excludes halogenated alkanes) is 2. The minimum atomic E-state index is 0.927. The van der Waals surface area contributed by atoms with Crippen molar-refractivity contribution < 1.29 is 4.74 Å². The first-order valence-corrected chi connectivity index (χ1v) is 5.14. The molecule has 0 aromatic heterocycles. The van der Waals surface area contributed by atoms with E-state index >= 15 is 0 Å². The fourth-order valence-corrected chi connectivity index (χ4v) is 1.47. The van der Waals surface area contributed by atoms with Gasteiger partial charge in [-0.15, -0.1) is 0 Å². The van der Waals surface area contributed by atoms with Gasteiger partial charge in [-0.3, -0.25) is 0 Å². The van der Waals surface area contributed by atoms with Crippen LogP contribution in [0.1, 0.15) is 26.2 Å². The Labute approximate surface area is 68.5 Å². The molecule has 0 amide bonds. The number of ether oxygens (including phenoxy) is 1. The summed E-state index contributed by atoms with van der Waals surface area (Å²) >= 11 is 2.03. The van der Waals surface area contributed by atoms with Crippen LogP contribution in [0.25, 0.3) is 0 Å². The third-order valence-electron chi connectivity index (χ3n) is 1.34. The van der Waals surface area contributed by atoms with Gasteiger partial charge >= 0.3 is 0 Å². The molecule has 0 heterocycles. The normalized spacial score (nSPS) is 10.2. The molecule has 0 aromatic rings. The molecule has 0 rings (SSSR count). The molecule has 0 fully saturated rings. The van der Waals surface area contributed by atoms with E-state index in [-0.39, 0.29) is 0 Å². The zero-order chi connectivity index (χ0) is 7.66. The second kappa shape index (κ2) is 9.31. The van der Waals surface area contributed by atoms with Crippen LogP contribution in [-0.4, -0.2) is 25.2 Å². The summed E-state index contributed by atoms with van der Waals surface area (Å²) in [7, 11) is 1.76. The van der Waals surface area contributed by atoms with Crippen LogP contribution in [0.15, 0.2) is 0 Å². The Bertz CT molecular complexity index is 49.2. The second-order valence-electron chi connectivity index (χ2n) is 2.25. The number of thioether (sulfide) groups is 1. The highest BCUT2D eigenvalue weighted by Crippen LogP contribution is 2.04. The monoisotopic (exact) mass is 162 g/mol. The molecule has 0 unspecified atom stereocenters. The average Bonchev–Trinajstić information content (AvgIpc) is 1.97. The first-order chi connectivity index (χ1) is 4.91. The van der Waals surface area contributed by atoms with E-state index in [1.807, 2.05) is 11.8 Å². The van der Waals surface area contributed by atoms with E-state index in [0.717, 1.165) is 6.61 Å². The molecule has 0 radical (unpaired) electrons. The number of hydrogen-bond donors (Lipinski definition) is 0. The molecule has 0 aliphatic rings. The highest BCUT2D eigenvalue weighted by atomic mass is 32.2. The summed E-state index contributed by atoms with van der Waals surface area (Å²) in [6, 6.07) is 0. The zero-order valence-electron chi connectivity index (χ0n) is 7.06. The molecule has 0 saturated carbocycles. The molecule has 0 N–H and O–H groups in total. The van der Waals surface area contributed by atoms with Crippen LogP contribution in [-0.2, 0) is 4.74 Å². The van der Waals surface area contributed by atoms with Crippen LogP contribution in [0.4, 0.5) is 0 Å². The lowest BCUT2D eigenvalue weighted by molar-refractivity contribution is 0.192. The van der Waals surface area contributed by atoms with E-state index in [1.54, 1.807) is 7.11 Å². The van der Waals surface area contributed by atoms with Gasteiger partial charge in [0.15, 0.2) is 0 Å². The van der Waals surface area contributed by atoms with Crippen molar-refractivity contribution in [2.24, 2.45) is 0 Å². The van der Waals surface area contributed by atoms with E-state index < -0.39 is 0 Å². The van der Waals surface area contributed by atoms with Gasteiger partial charge in [0.05, 0.1) is 0 Å². The number of methoxy groups -OCH3 is 1. The van der Waals surface area contributed by atoms with Crippen LogP contribution in [0.3, 0.4) is 0 Å². The van der Waals surface area contributed by atoms with E-state index in [4.69, 9.17) is 4.74 Å². The van der Waals surface area contributed by atoms with Crippen molar-refractivity contribution in [3.63, 3.8) is 0 Å². The highest BCUT2D eigenvalue weighted by Gasteiger charge is 1.87. The third-order valence-corrected chi connectivity index (χ3v) is 2.33. The first-order valence-electron chi connectivity index (χ1n) is 3.98. The van der Waals surface area contributed by atoms with E-state index in [2.05, 4.69) is 6.92 Å². The maximum Gasteiger partial charge on any atom is 0.0462 e. The summed E-state index contributed by atoms with van der Waals surface area (Å²) < 4.78 is 4.94. The molecule has 0 aromatic carbocycles. The fraction of sp³-hybridized carbons (Fsp3) is 1.00. The Morgan fingerprint density at radius 2 is 2.00 bits per heavy atom. The number of rotatable bonds is 7. The van der Waals surface area contributed by atoms with Gasteiger partial charge in [-0.1, -0.05) is 13.3 Å². The first kappa shape index (κ1) is 10.3. The minimum absolute atomic E-state index is 0.927. The zero-order valence-corrected chi connectivity index (χ0v) is 7.88. The van der Waals surface area contributed by atoms with Crippen molar-refractivity contribution in [3.8, 4) is 0 Å². The van der Waals surface area contributed by atoms with Gasteiger partial charge in [0.1, 0.15) is 0 Å². The van der Waals surface area contributed by atoms with Crippen molar-refractivity contribution in [3.05, 3.63) is 0 Å². The lowest BCUT2D eigenvalue weighted by Gasteiger charge is -1.98. The maximum absolute atomic E-state index is 4.94. The van der Waals surface area contributed by atoms with Crippen LogP contribution < -0.4 is 0 Å². The summed E-state index contributed by atoms with van der Waals surface area (Å²) in [6.45, 7) is 3.14. The van der Waals surface area contributed by atoms with Crippen LogP contribution >= 0.6 is 11.8 Å². The Balaban J connectivity index is 2.65. The lowest BCUT2D eigenvalue weighted by atomic mass is 10.3. The molecule has 0 bridgehead atoms. The Morgan fingerprint density at radius 1 is 1.20 bits per heavy atom. The van der Waals surface area contributed by atoms with Crippen LogP contribution in [0.2, 0.25) is 0 Å². The van der Waals surface area contributed by atoms with E-state index in [1.165, 1.54) is 30.8 Å². The summed E-state index contributed by atoms with van der Waals surface area (Å²) in [4.78, 5) is 0. The predicted molar refractivity (Wildman–Crippen MR) is 48.7 cm³/mol. The molecule has 10 heavy (non-hydrogen) atoms. The van der Waals surface area contributed by atoms with Gasteiger partial charge in [-0.25, -0.2) is 0 Å². The third kappa shape index (κ3) is 8.31. The molecule has 0 atom stereocenters. The SMILES string of the molecule is CCSCCCCCOC. The Hall–Kier alpha value is 0.310. The van der Waals surface area contributed by atoms with Gasteiger partial charge in [0.2, 0.25) is 0 Å². The standard InChI is InChI=1S/C8H18OS/c1-3-10-8-6-4-5-7-9-2/h3-8H2,1-2H3. The van der Waals surface area contributed by atoms with Gasteiger partial charge < -0.3 is 4.74 Å². The van der Waals surface area contributed by atoms with Crippen molar-refractivity contribution in [2.75, 3.05) is 25.2 Å². The quantitative estimate of drug-likeness (QED) is 0.532. The van der Waals surface area contributed by atoms with Crippen LogP contribution in [0, 0.1) is 0 Å². The van der Waals surface area contributed by atoms with Crippen molar-refractivity contribution in [2.45, 2.75) is 26.2 Å². The molecular formula is C8H18OS. The van der Waals surface area contributed by atoms with Crippen LogP contribution in [0.5, 0.6) is 0 Å². The predicted octanol–water partition coefficient (Wildman–Crippen LogP) is 2.56. The summed E-state index contributed by atoms with van der Waals surface area (Å²) in [5.74, 6) is 2.57.